The fourth-order valence-electron chi connectivity index (χ4n) is 3.33. The second-order valence-electron chi connectivity index (χ2n) is 6.76. The molecular formula is C17H19F2N7O2. The van der Waals surface area contributed by atoms with Gasteiger partial charge in [0.1, 0.15) is 17.3 Å². The Labute approximate surface area is 158 Å². The molecule has 0 saturated carbocycles. The van der Waals surface area contributed by atoms with E-state index in [1.807, 2.05) is 4.90 Å². The van der Waals surface area contributed by atoms with Crippen LogP contribution < -0.4 is 15.4 Å². The largest absolute Gasteiger partial charge is 0.389 e. The minimum Gasteiger partial charge on any atom is -0.389 e. The van der Waals surface area contributed by atoms with Crippen molar-refractivity contribution < 1.29 is 13.9 Å². The summed E-state index contributed by atoms with van der Waals surface area (Å²) in [6.45, 7) is 2.96. The van der Waals surface area contributed by atoms with Crippen LogP contribution in [0.1, 0.15) is 18.6 Å². The van der Waals surface area contributed by atoms with Gasteiger partial charge in [0.05, 0.1) is 6.10 Å². The highest BCUT2D eigenvalue weighted by atomic mass is 19.1. The van der Waals surface area contributed by atoms with Gasteiger partial charge in [-0.1, -0.05) is 5.21 Å². The molecule has 4 rings (SSSR count). The number of rotatable bonds is 3. The molecule has 9 nitrogen and oxygen atoms in total. The molecule has 2 N–H and O–H groups in total. The smallest absolute Gasteiger partial charge is 0.282 e. The first-order valence-electron chi connectivity index (χ1n) is 8.81. The topological polar surface area (TPSA) is 103 Å². The van der Waals surface area contributed by atoms with E-state index in [2.05, 4.69) is 20.3 Å². The molecule has 3 heterocycles. The van der Waals surface area contributed by atoms with E-state index < -0.39 is 17.7 Å². The van der Waals surface area contributed by atoms with Crippen LogP contribution in [0.25, 0.3) is 11.2 Å². The second-order valence-corrected chi connectivity index (χ2v) is 6.76. The van der Waals surface area contributed by atoms with Gasteiger partial charge in [-0.3, -0.25) is 9.78 Å². The van der Waals surface area contributed by atoms with Gasteiger partial charge in [0.2, 0.25) is 5.95 Å². The van der Waals surface area contributed by atoms with Gasteiger partial charge in [-0.25, -0.2) is 13.5 Å². The van der Waals surface area contributed by atoms with Gasteiger partial charge in [-0.15, -0.1) is 5.10 Å². The molecular weight excluding hydrogens is 372 g/mol. The summed E-state index contributed by atoms with van der Waals surface area (Å²) in [5.41, 5.74) is 0.217. The van der Waals surface area contributed by atoms with E-state index in [1.54, 1.807) is 11.9 Å². The van der Waals surface area contributed by atoms with Crippen molar-refractivity contribution in [3.05, 3.63) is 39.7 Å². The van der Waals surface area contributed by atoms with E-state index in [0.29, 0.717) is 37.8 Å². The molecule has 28 heavy (non-hydrogen) atoms. The lowest BCUT2D eigenvalue weighted by molar-refractivity contribution is 0.198. The lowest BCUT2D eigenvalue weighted by atomic mass is 10.1. The van der Waals surface area contributed by atoms with Gasteiger partial charge in [-0.2, -0.15) is 4.98 Å². The fraction of sp³-hybridized carbons (Fsp3) is 0.412. The number of aliphatic hydroxyl groups excluding tert-OH is 1. The molecule has 1 saturated heterocycles. The third-order valence-corrected chi connectivity index (χ3v) is 4.87. The van der Waals surface area contributed by atoms with Crippen molar-refractivity contribution in [1.82, 2.24) is 25.0 Å². The zero-order chi connectivity index (χ0) is 20.0. The molecule has 0 aliphatic carbocycles. The van der Waals surface area contributed by atoms with Gasteiger partial charge in [0.25, 0.3) is 5.56 Å². The first-order valence-corrected chi connectivity index (χ1v) is 8.81. The first-order chi connectivity index (χ1) is 13.3. The minimum absolute atomic E-state index is 0.114. The number of nitrogens with zero attached hydrogens (tertiary/aromatic N) is 6. The molecule has 11 heteroatoms. The fourth-order valence-corrected chi connectivity index (χ4v) is 3.33. The SMILES string of the molecule is CC(O)c1cc(F)c(N2CCN(c3nc4c(nnn4C)c(=O)[nH]3)CC2)c(F)c1. The monoisotopic (exact) mass is 391 g/mol. The van der Waals surface area contributed by atoms with Gasteiger partial charge < -0.3 is 14.9 Å². The van der Waals surface area contributed by atoms with E-state index in [4.69, 9.17) is 0 Å². The predicted octanol–water partition coefficient (Wildman–Crippen LogP) is 0.710. The number of benzene rings is 1. The van der Waals surface area contributed by atoms with Crippen LogP contribution in [0.5, 0.6) is 0 Å². The lowest BCUT2D eigenvalue weighted by Gasteiger charge is -2.36. The molecule has 1 fully saturated rings. The number of H-pyrrole nitrogens is 1. The average Bonchev–Trinajstić information content (AvgIpc) is 3.03. The van der Waals surface area contributed by atoms with Crippen molar-refractivity contribution in [2.24, 2.45) is 7.05 Å². The summed E-state index contributed by atoms with van der Waals surface area (Å²) in [4.78, 5) is 22.7. The maximum Gasteiger partial charge on any atom is 0.282 e. The molecule has 0 radical (unpaired) electrons. The number of hydrogen-bond donors (Lipinski definition) is 2. The molecule has 0 bridgehead atoms. The summed E-state index contributed by atoms with van der Waals surface area (Å²) >= 11 is 0. The first kappa shape index (κ1) is 18.3. The molecule has 3 aromatic rings. The molecule has 1 aromatic carbocycles. The number of aliphatic hydroxyl groups is 1. The van der Waals surface area contributed by atoms with Crippen molar-refractivity contribution in [3.8, 4) is 0 Å². The number of hydrogen-bond acceptors (Lipinski definition) is 7. The normalized spacial score (nSPS) is 16.0. The number of fused-ring (bicyclic) bond motifs is 1. The molecule has 1 aliphatic rings. The van der Waals surface area contributed by atoms with Crippen LogP contribution in [0.4, 0.5) is 20.4 Å². The quantitative estimate of drug-likeness (QED) is 0.678. The van der Waals surface area contributed by atoms with E-state index >= 15 is 0 Å². The standard InChI is InChI=1S/C17H19F2N7O2/c1-9(27)10-7-11(18)14(12(19)8-10)25-3-5-26(6-4-25)17-20-15-13(16(28)21-17)22-23-24(15)2/h7-9,27H,3-6H2,1-2H3,(H,20,21,28). The van der Waals surface area contributed by atoms with Crippen molar-refractivity contribution in [2.75, 3.05) is 36.0 Å². The van der Waals surface area contributed by atoms with Gasteiger partial charge in [0.15, 0.2) is 11.2 Å². The highest BCUT2D eigenvalue weighted by Gasteiger charge is 2.25. The number of halogens is 2. The number of piperazine rings is 1. The van der Waals surface area contributed by atoms with Crippen LogP contribution in [-0.2, 0) is 7.05 Å². The predicted molar refractivity (Wildman–Crippen MR) is 98.3 cm³/mol. The zero-order valence-electron chi connectivity index (χ0n) is 15.4. The van der Waals surface area contributed by atoms with Crippen LogP contribution in [-0.4, -0.2) is 56.2 Å². The van der Waals surface area contributed by atoms with Gasteiger partial charge in [0, 0.05) is 33.2 Å². The van der Waals surface area contributed by atoms with Crippen LogP contribution in [0, 0.1) is 11.6 Å². The molecule has 1 unspecified atom stereocenters. The number of anilines is 2. The highest BCUT2D eigenvalue weighted by Crippen LogP contribution is 2.28. The molecule has 0 amide bonds. The molecule has 2 aromatic heterocycles. The Hall–Kier alpha value is -3.08. The number of aromatic amines is 1. The van der Waals surface area contributed by atoms with E-state index in [-0.39, 0.29) is 22.3 Å². The van der Waals surface area contributed by atoms with E-state index in [9.17, 15) is 18.7 Å². The Kier molecular flexibility index (Phi) is 4.46. The van der Waals surface area contributed by atoms with Gasteiger partial charge >= 0.3 is 0 Å². The number of nitrogens with one attached hydrogen (secondary N) is 1. The Balaban J connectivity index is 1.56. The van der Waals surface area contributed by atoms with Crippen LogP contribution in [0.15, 0.2) is 16.9 Å². The Morgan fingerprint density at radius 2 is 1.75 bits per heavy atom. The number of aromatic nitrogens is 5. The highest BCUT2D eigenvalue weighted by molar-refractivity contribution is 5.69. The Morgan fingerprint density at radius 3 is 2.36 bits per heavy atom. The van der Waals surface area contributed by atoms with Crippen molar-refractivity contribution in [3.63, 3.8) is 0 Å². The third kappa shape index (κ3) is 3.07. The molecule has 148 valence electrons. The second kappa shape index (κ2) is 6.82. The summed E-state index contributed by atoms with van der Waals surface area (Å²) in [5, 5.41) is 17.1. The summed E-state index contributed by atoms with van der Waals surface area (Å²) < 4.78 is 30.3. The summed E-state index contributed by atoms with van der Waals surface area (Å²) in [5.74, 6) is -1.05. The zero-order valence-corrected chi connectivity index (χ0v) is 15.4. The van der Waals surface area contributed by atoms with Crippen molar-refractivity contribution in [1.29, 1.82) is 0 Å². The van der Waals surface area contributed by atoms with Gasteiger partial charge in [-0.05, 0) is 24.6 Å². The molecule has 1 aliphatic heterocycles. The summed E-state index contributed by atoms with van der Waals surface area (Å²) in [7, 11) is 1.64. The van der Waals surface area contributed by atoms with E-state index in [0.717, 1.165) is 12.1 Å². The Morgan fingerprint density at radius 1 is 1.14 bits per heavy atom. The van der Waals surface area contributed by atoms with Crippen LogP contribution in [0.3, 0.4) is 0 Å². The minimum atomic E-state index is -0.950. The van der Waals surface area contributed by atoms with Crippen molar-refractivity contribution in [2.45, 2.75) is 13.0 Å². The third-order valence-electron chi connectivity index (χ3n) is 4.87. The average molecular weight is 391 g/mol. The number of aryl methyl sites for hydroxylation is 1. The van der Waals surface area contributed by atoms with Crippen LogP contribution in [0.2, 0.25) is 0 Å². The van der Waals surface area contributed by atoms with Crippen molar-refractivity contribution >= 4 is 22.8 Å². The van der Waals surface area contributed by atoms with E-state index in [1.165, 1.54) is 11.6 Å². The Bertz CT molecular complexity index is 1060. The molecule has 0 spiro atoms. The lowest BCUT2D eigenvalue weighted by Crippen LogP contribution is -2.48. The summed E-state index contributed by atoms with van der Waals surface area (Å²) in [6, 6.07) is 2.30. The summed E-state index contributed by atoms with van der Waals surface area (Å²) in [6.07, 6.45) is -0.950. The maximum atomic E-state index is 14.4. The van der Waals surface area contributed by atoms with Crippen LogP contribution >= 0.6 is 0 Å². The maximum absolute atomic E-state index is 14.4. The molecule has 1 atom stereocenters.